The van der Waals surface area contributed by atoms with Gasteiger partial charge in [0, 0.05) is 11.5 Å². The first kappa shape index (κ1) is 19.0. The highest BCUT2D eigenvalue weighted by Crippen LogP contribution is 2.33. The van der Waals surface area contributed by atoms with E-state index < -0.39 is 40.2 Å². The summed E-state index contributed by atoms with van der Waals surface area (Å²) in [5.41, 5.74) is 0.157. The molecule has 26 heavy (non-hydrogen) atoms. The quantitative estimate of drug-likeness (QED) is 0.352. The van der Waals surface area contributed by atoms with Crippen molar-refractivity contribution < 1.29 is 28.7 Å². The Labute approximate surface area is 148 Å². The molecule has 0 spiro atoms. The lowest BCUT2D eigenvalue weighted by atomic mass is 9.81. The topological polar surface area (TPSA) is 107 Å². The van der Waals surface area contributed by atoms with Gasteiger partial charge in [-0.1, -0.05) is 30.3 Å². The summed E-state index contributed by atoms with van der Waals surface area (Å²) in [5.74, 6) is -5.64. The number of carboxylic acid groups (broad SMARTS) is 1. The summed E-state index contributed by atoms with van der Waals surface area (Å²) in [4.78, 5) is 34.2. The molecule has 0 bridgehead atoms. The zero-order valence-corrected chi connectivity index (χ0v) is 13.8. The Morgan fingerprint density at radius 1 is 1.23 bits per heavy atom. The summed E-state index contributed by atoms with van der Waals surface area (Å²) < 4.78 is 18.0. The zero-order chi connectivity index (χ0) is 19.3. The van der Waals surface area contributed by atoms with E-state index in [-0.39, 0.29) is 12.0 Å². The molecule has 0 saturated carbocycles. The number of esters is 1. The lowest BCUT2D eigenvalue weighted by molar-refractivity contribution is -0.385. The molecule has 136 valence electrons. The highest BCUT2D eigenvalue weighted by Gasteiger charge is 2.38. The van der Waals surface area contributed by atoms with Gasteiger partial charge in [0.1, 0.15) is 5.82 Å². The normalized spacial score (nSPS) is 12.8. The summed E-state index contributed by atoms with van der Waals surface area (Å²) >= 11 is 0. The Morgan fingerprint density at radius 2 is 1.88 bits per heavy atom. The minimum atomic E-state index is -1.56. The standard InChI is InChI=1S/C18H16FNO6/c1-26-18(23)16(17(21)22)14(11-5-3-2-4-6-11)9-12-7-8-13(19)10-15(12)20(24)25/h2-8,10,14,16H,9H2,1H3,(H,21,22). The van der Waals surface area contributed by atoms with Gasteiger partial charge in [-0.3, -0.25) is 19.7 Å². The number of rotatable bonds is 7. The number of carboxylic acids is 1. The molecule has 0 radical (unpaired) electrons. The molecule has 1 N–H and O–H groups in total. The first-order chi connectivity index (χ1) is 12.3. The van der Waals surface area contributed by atoms with Gasteiger partial charge < -0.3 is 9.84 Å². The van der Waals surface area contributed by atoms with Gasteiger partial charge in [-0.25, -0.2) is 4.39 Å². The molecule has 0 fully saturated rings. The third-order valence-electron chi connectivity index (χ3n) is 4.04. The molecule has 2 atom stereocenters. The van der Waals surface area contributed by atoms with Gasteiger partial charge in [0.25, 0.3) is 5.69 Å². The highest BCUT2D eigenvalue weighted by atomic mass is 19.1. The predicted octanol–water partition coefficient (Wildman–Crippen LogP) is 2.93. The number of aliphatic carboxylic acids is 1. The molecule has 0 aliphatic heterocycles. The number of benzene rings is 2. The Bertz CT molecular complexity index is 824. The molecule has 2 aromatic rings. The van der Waals surface area contributed by atoms with Crippen molar-refractivity contribution in [3.63, 3.8) is 0 Å². The number of ether oxygens (including phenoxy) is 1. The maximum absolute atomic E-state index is 13.4. The number of nitro groups is 1. The highest BCUT2D eigenvalue weighted by molar-refractivity contribution is 5.95. The van der Waals surface area contributed by atoms with Gasteiger partial charge in [-0.15, -0.1) is 0 Å². The van der Waals surface area contributed by atoms with Gasteiger partial charge in [0.2, 0.25) is 0 Å². The second kappa shape index (κ2) is 8.19. The summed E-state index contributed by atoms with van der Waals surface area (Å²) in [5, 5.41) is 20.7. The summed E-state index contributed by atoms with van der Waals surface area (Å²) in [6, 6.07) is 11.3. The summed E-state index contributed by atoms with van der Waals surface area (Å²) in [6.07, 6.45) is -0.146. The molecule has 0 amide bonds. The minimum Gasteiger partial charge on any atom is -0.481 e. The number of nitro benzene ring substituents is 1. The molecule has 2 aromatic carbocycles. The van der Waals surface area contributed by atoms with Crippen molar-refractivity contribution in [2.24, 2.45) is 5.92 Å². The van der Waals surface area contributed by atoms with Crippen LogP contribution in [0.3, 0.4) is 0 Å². The fraction of sp³-hybridized carbons (Fsp3) is 0.222. The average Bonchev–Trinajstić information content (AvgIpc) is 2.62. The Morgan fingerprint density at radius 3 is 2.42 bits per heavy atom. The van der Waals surface area contributed by atoms with E-state index in [1.54, 1.807) is 30.3 Å². The van der Waals surface area contributed by atoms with E-state index >= 15 is 0 Å². The lowest BCUT2D eigenvalue weighted by Crippen LogP contribution is -2.32. The Kier molecular flexibility index (Phi) is 6.00. The molecule has 2 rings (SSSR count). The number of nitrogens with zero attached hydrogens (tertiary/aromatic N) is 1. The SMILES string of the molecule is COC(=O)C(C(=O)O)C(Cc1ccc(F)cc1[N+](=O)[O-])c1ccccc1. The van der Waals surface area contributed by atoms with Crippen LogP contribution in [-0.2, 0) is 20.7 Å². The number of halogens is 1. The van der Waals surface area contributed by atoms with E-state index in [0.717, 1.165) is 19.2 Å². The van der Waals surface area contributed by atoms with Crippen molar-refractivity contribution in [1.29, 1.82) is 0 Å². The van der Waals surface area contributed by atoms with Gasteiger partial charge in [-0.2, -0.15) is 0 Å². The smallest absolute Gasteiger partial charge is 0.320 e. The number of hydrogen-bond donors (Lipinski definition) is 1. The fourth-order valence-electron chi connectivity index (χ4n) is 2.81. The van der Waals surface area contributed by atoms with Crippen LogP contribution in [0.25, 0.3) is 0 Å². The maximum Gasteiger partial charge on any atom is 0.320 e. The van der Waals surface area contributed by atoms with Crippen LogP contribution in [0.4, 0.5) is 10.1 Å². The van der Waals surface area contributed by atoms with Gasteiger partial charge in [0.15, 0.2) is 5.92 Å². The van der Waals surface area contributed by atoms with E-state index in [1.807, 2.05) is 0 Å². The van der Waals surface area contributed by atoms with E-state index in [2.05, 4.69) is 4.74 Å². The number of methoxy groups -OCH3 is 1. The van der Waals surface area contributed by atoms with Crippen LogP contribution in [-0.4, -0.2) is 29.1 Å². The van der Waals surface area contributed by atoms with Crippen LogP contribution in [0, 0.1) is 21.8 Å². The molecule has 8 heteroatoms. The molecular formula is C18H16FNO6. The van der Waals surface area contributed by atoms with Gasteiger partial charge >= 0.3 is 11.9 Å². The van der Waals surface area contributed by atoms with Gasteiger partial charge in [0.05, 0.1) is 18.1 Å². The van der Waals surface area contributed by atoms with Crippen LogP contribution < -0.4 is 0 Å². The third-order valence-corrected chi connectivity index (χ3v) is 4.04. The van der Waals surface area contributed by atoms with Crippen molar-refractivity contribution in [3.8, 4) is 0 Å². The van der Waals surface area contributed by atoms with Crippen LogP contribution in [0.2, 0.25) is 0 Å². The fourth-order valence-corrected chi connectivity index (χ4v) is 2.81. The molecule has 2 unspecified atom stereocenters. The van der Waals surface area contributed by atoms with Crippen molar-refractivity contribution in [1.82, 2.24) is 0 Å². The Balaban J connectivity index is 2.54. The van der Waals surface area contributed by atoms with Crippen LogP contribution in [0.1, 0.15) is 17.0 Å². The first-order valence-electron chi connectivity index (χ1n) is 7.63. The van der Waals surface area contributed by atoms with Crippen molar-refractivity contribution in [2.75, 3.05) is 7.11 Å². The van der Waals surface area contributed by atoms with E-state index in [1.165, 1.54) is 6.07 Å². The van der Waals surface area contributed by atoms with E-state index in [0.29, 0.717) is 5.56 Å². The van der Waals surface area contributed by atoms with E-state index in [9.17, 15) is 29.2 Å². The molecule has 7 nitrogen and oxygen atoms in total. The van der Waals surface area contributed by atoms with Crippen LogP contribution >= 0.6 is 0 Å². The van der Waals surface area contributed by atoms with Crippen molar-refractivity contribution in [2.45, 2.75) is 12.3 Å². The second-order valence-electron chi connectivity index (χ2n) is 5.59. The van der Waals surface area contributed by atoms with Crippen molar-refractivity contribution >= 4 is 17.6 Å². The zero-order valence-electron chi connectivity index (χ0n) is 13.8. The molecule has 0 heterocycles. The third kappa shape index (κ3) is 4.21. The van der Waals surface area contributed by atoms with Crippen LogP contribution in [0.15, 0.2) is 48.5 Å². The predicted molar refractivity (Wildman–Crippen MR) is 89.1 cm³/mol. The number of carbonyl (C=O) groups excluding carboxylic acids is 1. The first-order valence-corrected chi connectivity index (χ1v) is 7.63. The molecular weight excluding hydrogens is 345 g/mol. The van der Waals surface area contributed by atoms with E-state index in [4.69, 9.17) is 0 Å². The maximum atomic E-state index is 13.4. The second-order valence-corrected chi connectivity index (χ2v) is 5.59. The molecule has 0 saturated heterocycles. The molecule has 0 aromatic heterocycles. The largest absolute Gasteiger partial charge is 0.481 e. The minimum absolute atomic E-state index is 0.125. The number of hydrogen-bond acceptors (Lipinski definition) is 5. The average molecular weight is 361 g/mol. The lowest BCUT2D eigenvalue weighted by Gasteiger charge is -2.22. The van der Waals surface area contributed by atoms with Crippen LogP contribution in [0.5, 0.6) is 0 Å². The number of carbonyl (C=O) groups is 2. The monoisotopic (exact) mass is 361 g/mol. The van der Waals surface area contributed by atoms with Gasteiger partial charge in [-0.05, 0) is 24.1 Å². The summed E-state index contributed by atoms with van der Waals surface area (Å²) in [7, 11) is 1.07. The summed E-state index contributed by atoms with van der Waals surface area (Å²) in [6.45, 7) is 0. The molecule has 0 aliphatic rings. The Hall–Kier alpha value is -3.29. The molecule has 0 aliphatic carbocycles. The van der Waals surface area contributed by atoms with Crippen molar-refractivity contribution in [3.05, 3.63) is 75.6 Å².